The number of benzene rings is 1. The lowest BCUT2D eigenvalue weighted by atomic mass is 10.1. The molecule has 0 N–H and O–H groups in total. The minimum Gasteiger partial charge on any atom is -0.344 e. The lowest BCUT2D eigenvalue weighted by Crippen LogP contribution is -2.31. The van der Waals surface area contributed by atoms with Gasteiger partial charge < -0.3 is 4.90 Å². The third-order valence-corrected chi connectivity index (χ3v) is 4.49. The first-order chi connectivity index (χ1) is 11.7. The van der Waals surface area contributed by atoms with Gasteiger partial charge in [0.25, 0.3) is 5.56 Å². The topological polar surface area (TPSA) is 63.9 Å². The highest BCUT2D eigenvalue weighted by atomic mass is 19.1. The van der Waals surface area contributed by atoms with Crippen molar-refractivity contribution in [3.05, 3.63) is 58.8 Å². The molecule has 1 unspecified atom stereocenters. The largest absolute Gasteiger partial charge is 0.344 e. The summed E-state index contributed by atoms with van der Waals surface area (Å²) in [6.45, 7) is 0.668. The van der Waals surface area contributed by atoms with Gasteiger partial charge in [0, 0.05) is 13.6 Å². The van der Waals surface area contributed by atoms with Crippen molar-refractivity contribution in [1.29, 1.82) is 0 Å². The van der Waals surface area contributed by atoms with Crippen LogP contribution in [0, 0.1) is 5.82 Å². The zero-order valence-electron chi connectivity index (χ0n) is 13.2. The van der Waals surface area contributed by atoms with Crippen molar-refractivity contribution in [2.45, 2.75) is 18.9 Å². The normalized spacial score (nSPS) is 17.6. The lowest BCUT2D eigenvalue weighted by Gasteiger charge is -2.26. The fourth-order valence-electron chi connectivity index (χ4n) is 3.34. The Labute approximate surface area is 137 Å². The lowest BCUT2D eigenvalue weighted by molar-refractivity contribution is 0.572. The van der Waals surface area contributed by atoms with E-state index in [1.54, 1.807) is 17.7 Å². The molecule has 3 heterocycles. The Morgan fingerprint density at radius 2 is 2.12 bits per heavy atom. The first-order valence-corrected chi connectivity index (χ1v) is 7.84. The van der Waals surface area contributed by atoms with E-state index in [-0.39, 0.29) is 17.4 Å². The second-order valence-electron chi connectivity index (χ2n) is 5.90. The predicted octanol–water partition coefficient (Wildman–Crippen LogP) is 2.20. The molecule has 122 valence electrons. The molecule has 0 bridgehead atoms. The van der Waals surface area contributed by atoms with Crippen LogP contribution in [0.3, 0.4) is 0 Å². The first kappa shape index (κ1) is 14.7. The average molecular weight is 325 g/mol. The van der Waals surface area contributed by atoms with Gasteiger partial charge in [0.2, 0.25) is 0 Å². The molecule has 0 radical (unpaired) electrons. The van der Waals surface area contributed by atoms with Crippen LogP contribution in [0.15, 0.2) is 41.6 Å². The SMILES string of the molecule is Cn1c(C2CCCN2c2ncncc2F)nc2ccccc2c1=O. The van der Waals surface area contributed by atoms with E-state index in [2.05, 4.69) is 15.0 Å². The van der Waals surface area contributed by atoms with E-state index in [0.717, 1.165) is 19.0 Å². The maximum atomic E-state index is 14.1. The van der Waals surface area contributed by atoms with Crippen molar-refractivity contribution in [1.82, 2.24) is 19.5 Å². The van der Waals surface area contributed by atoms with Crippen LogP contribution in [-0.2, 0) is 7.05 Å². The molecular weight excluding hydrogens is 309 g/mol. The highest BCUT2D eigenvalue weighted by Gasteiger charge is 2.32. The summed E-state index contributed by atoms with van der Waals surface area (Å²) in [6, 6.07) is 7.09. The van der Waals surface area contributed by atoms with Crippen LogP contribution in [0.2, 0.25) is 0 Å². The molecule has 1 aromatic carbocycles. The Balaban J connectivity index is 1.86. The third kappa shape index (κ3) is 2.24. The molecule has 24 heavy (non-hydrogen) atoms. The molecule has 3 aromatic rings. The van der Waals surface area contributed by atoms with E-state index in [4.69, 9.17) is 0 Å². The number of para-hydroxylation sites is 1. The summed E-state index contributed by atoms with van der Waals surface area (Å²) in [6.07, 6.45) is 4.17. The van der Waals surface area contributed by atoms with Crippen molar-refractivity contribution in [3.63, 3.8) is 0 Å². The Kier molecular flexibility index (Phi) is 3.48. The zero-order valence-corrected chi connectivity index (χ0v) is 13.2. The molecule has 1 saturated heterocycles. The zero-order chi connectivity index (χ0) is 16.7. The predicted molar refractivity (Wildman–Crippen MR) is 88.3 cm³/mol. The minimum absolute atomic E-state index is 0.0920. The fraction of sp³-hybridized carbons (Fsp3) is 0.294. The van der Waals surface area contributed by atoms with E-state index in [1.807, 2.05) is 23.1 Å². The molecule has 0 spiro atoms. The number of fused-ring (bicyclic) bond motifs is 1. The van der Waals surface area contributed by atoms with Gasteiger partial charge in [0.15, 0.2) is 11.6 Å². The molecule has 1 atom stereocenters. The Bertz CT molecular complexity index is 971. The number of anilines is 1. The van der Waals surface area contributed by atoms with E-state index < -0.39 is 5.82 Å². The van der Waals surface area contributed by atoms with Crippen LogP contribution in [0.4, 0.5) is 10.2 Å². The van der Waals surface area contributed by atoms with E-state index in [1.165, 1.54) is 6.33 Å². The second kappa shape index (κ2) is 5.67. The highest BCUT2D eigenvalue weighted by Crippen LogP contribution is 2.35. The number of hydrogen-bond acceptors (Lipinski definition) is 5. The van der Waals surface area contributed by atoms with Gasteiger partial charge in [-0.3, -0.25) is 9.36 Å². The van der Waals surface area contributed by atoms with Crippen LogP contribution in [-0.4, -0.2) is 26.1 Å². The average Bonchev–Trinajstić information content (AvgIpc) is 3.08. The molecule has 6 nitrogen and oxygen atoms in total. The summed E-state index contributed by atoms with van der Waals surface area (Å²) >= 11 is 0. The maximum Gasteiger partial charge on any atom is 0.261 e. The van der Waals surface area contributed by atoms with Crippen molar-refractivity contribution < 1.29 is 4.39 Å². The van der Waals surface area contributed by atoms with Crippen LogP contribution in [0.1, 0.15) is 24.7 Å². The van der Waals surface area contributed by atoms with E-state index in [9.17, 15) is 9.18 Å². The quantitative estimate of drug-likeness (QED) is 0.723. The number of hydrogen-bond donors (Lipinski definition) is 0. The fourth-order valence-corrected chi connectivity index (χ4v) is 3.34. The Hall–Kier alpha value is -2.83. The Morgan fingerprint density at radius 1 is 1.29 bits per heavy atom. The van der Waals surface area contributed by atoms with Gasteiger partial charge in [-0.1, -0.05) is 12.1 Å². The molecule has 1 fully saturated rings. The molecule has 2 aromatic heterocycles. The van der Waals surface area contributed by atoms with Crippen LogP contribution in [0.25, 0.3) is 10.9 Å². The summed E-state index contributed by atoms with van der Waals surface area (Å²) in [5, 5.41) is 0.585. The molecular formula is C17H16FN5O. The van der Waals surface area contributed by atoms with Gasteiger partial charge in [-0.05, 0) is 25.0 Å². The summed E-state index contributed by atoms with van der Waals surface area (Å²) in [5.74, 6) is 0.430. The summed E-state index contributed by atoms with van der Waals surface area (Å²) in [7, 11) is 1.71. The summed E-state index contributed by atoms with van der Waals surface area (Å²) in [4.78, 5) is 26.9. The standard InChI is InChI=1S/C17H16FN5O/c1-22-16(21-13-6-3-2-5-11(13)17(22)24)14-7-4-8-23(14)15-12(18)9-19-10-20-15/h2-3,5-6,9-10,14H,4,7-8H2,1H3. The molecule has 4 rings (SSSR count). The van der Waals surface area contributed by atoms with Crippen LogP contribution in [0.5, 0.6) is 0 Å². The molecule has 0 saturated carbocycles. The number of nitrogens with zero attached hydrogens (tertiary/aromatic N) is 5. The van der Waals surface area contributed by atoms with E-state index >= 15 is 0 Å². The van der Waals surface area contributed by atoms with E-state index in [0.29, 0.717) is 23.3 Å². The molecule has 7 heteroatoms. The van der Waals surface area contributed by atoms with Gasteiger partial charge in [-0.25, -0.2) is 19.3 Å². The van der Waals surface area contributed by atoms with Gasteiger partial charge in [-0.2, -0.15) is 0 Å². The summed E-state index contributed by atoms with van der Waals surface area (Å²) in [5.41, 5.74) is 0.566. The highest BCUT2D eigenvalue weighted by molar-refractivity contribution is 5.77. The molecule has 1 aliphatic rings. The van der Waals surface area contributed by atoms with Crippen molar-refractivity contribution in [3.8, 4) is 0 Å². The van der Waals surface area contributed by atoms with Crippen LogP contribution < -0.4 is 10.5 Å². The third-order valence-electron chi connectivity index (χ3n) is 4.49. The van der Waals surface area contributed by atoms with Crippen molar-refractivity contribution in [2.75, 3.05) is 11.4 Å². The van der Waals surface area contributed by atoms with Crippen molar-refractivity contribution in [2.24, 2.45) is 7.05 Å². The second-order valence-corrected chi connectivity index (χ2v) is 5.90. The van der Waals surface area contributed by atoms with Gasteiger partial charge in [0.05, 0.1) is 23.1 Å². The minimum atomic E-state index is -0.463. The number of halogens is 1. The number of aromatic nitrogens is 4. The van der Waals surface area contributed by atoms with Gasteiger partial charge >= 0.3 is 0 Å². The monoisotopic (exact) mass is 325 g/mol. The Morgan fingerprint density at radius 3 is 2.96 bits per heavy atom. The van der Waals surface area contributed by atoms with Gasteiger partial charge in [-0.15, -0.1) is 0 Å². The summed E-state index contributed by atoms with van der Waals surface area (Å²) < 4.78 is 15.7. The molecule has 0 aliphatic carbocycles. The number of rotatable bonds is 2. The van der Waals surface area contributed by atoms with Crippen LogP contribution >= 0.6 is 0 Å². The first-order valence-electron chi connectivity index (χ1n) is 7.84. The van der Waals surface area contributed by atoms with Gasteiger partial charge in [0.1, 0.15) is 12.2 Å². The van der Waals surface area contributed by atoms with Crippen molar-refractivity contribution >= 4 is 16.7 Å². The maximum absolute atomic E-state index is 14.1. The smallest absolute Gasteiger partial charge is 0.261 e. The molecule has 0 amide bonds. The molecule has 1 aliphatic heterocycles.